The van der Waals surface area contributed by atoms with Gasteiger partial charge in [-0.05, 0) is 61.2 Å². The Morgan fingerprint density at radius 2 is 1.79 bits per heavy atom. The third kappa shape index (κ3) is 6.41. The van der Waals surface area contributed by atoms with Crippen LogP contribution in [0.1, 0.15) is 30.9 Å². The number of rotatable bonds is 10. The van der Waals surface area contributed by atoms with Crippen LogP contribution < -0.4 is 14.8 Å². The van der Waals surface area contributed by atoms with Gasteiger partial charge in [0.05, 0.1) is 38.0 Å². The predicted octanol–water partition coefficient (Wildman–Crippen LogP) is 3.24. The second-order valence-electron chi connectivity index (χ2n) is 9.05. The third-order valence-corrected chi connectivity index (χ3v) is 6.51. The lowest BCUT2D eigenvalue weighted by molar-refractivity contribution is -0.136. The molecule has 0 saturated carbocycles. The maximum Gasteiger partial charge on any atom is 0.340 e. The molecule has 2 aliphatic heterocycles. The van der Waals surface area contributed by atoms with Crippen molar-refractivity contribution in [1.29, 1.82) is 0 Å². The van der Waals surface area contributed by atoms with E-state index in [0.29, 0.717) is 30.1 Å². The predicted molar refractivity (Wildman–Crippen MR) is 140 cm³/mol. The minimum absolute atomic E-state index is 0.0734. The molecule has 2 aliphatic rings. The zero-order valence-corrected chi connectivity index (χ0v) is 21.8. The Morgan fingerprint density at radius 3 is 2.42 bits per heavy atom. The lowest BCUT2D eigenvalue weighted by Gasteiger charge is -2.18. The van der Waals surface area contributed by atoms with Crippen LogP contribution in [-0.2, 0) is 30.4 Å². The molecule has 0 bridgehead atoms. The number of hydrogen-bond acceptors (Lipinski definition) is 7. The fourth-order valence-corrected chi connectivity index (χ4v) is 4.39. The van der Waals surface area contributed by atoms with Crippen LogP contribution in [0.2, 0.25) is 0 Å². The lowest BCUT2D eigenvalue weighted by atomic mass is 10.0. The summed E-state index contributed by atoms with van der Waals surface area (Å²) in [6, 6.07) is 14.3. The summed E-state index contributed by atoms with van der Waals surface area (Å²) in [6.07, 6.45) is 3.70. The maximum atomic E-state index is 13.4. The summed E-state index contributed by atoms with van der Waals surface area (Å²) >= 11 is 0. The standard InChI is InChI=1S/C29H32N2O7/c1-19-27(29(34)36-3)25(28(33)31(19)17-21-8-10-22(35-2)11-9-21)15-20-6-12-23(13-7-20)38-18-26(32)30-16-24-5-4-14-37-24/h6-13,15,24H,4-5,14,16-18H2,1-3H3,(H,30,32)/b25-15-/t24-/m0/s1. The van der Waals surface area contributed by atoms with Crippen LogP contribution >= 0.6 is 0 Å². The number of carbonyl (C=O) groups is 3. The van der Waals surface area contributed by atoms with Gasteiger partial charge >= 0.3 is 5.97 Å². The largest absolute Gasteiger partial charge is 0.497 e. The van der Waals surface area contributed by atoms with Crippen molar-refractivity contribution in [2.75, 3.05) is 34.0 Å². The summed E-state index contributed by atoms with van der Waals surface area (Å²) in [5.41, 5.74) is 2.60. The molecule has 0 radical (unpaired) electrons. The van der Waals surface area contributed by atoms with Crippen LogP contribution in [0.4, 0.5) is 0 Å². The molecule has 2 aromatic rings. The summed E-state index contributed by atoms with van der Waals surface area (Å²) in [7, 11) is 2.88. The molecular formula is C29H32N2O7. The zero-order valence-electron chi connectivity index (χ0n) is 21.8. The SMILES string of the molecule is COC(=O)C1=C(C)N(Cc2ccc(OC)cc2)C(=O)/C1=C\c1ccc(OCC(=O)NC[C@@H]2CCCO2)cc1. The molecule has 2 amide bonds. The van der Waals surface area contributed by atoms with Crippen LogP contribution in [0, 0.1) is 0 Å². The molecule has 0 unspecified atom stereocenters. The van der Waals surface area contributed by atoms with Gasteiger partial charge in [-0.3, -0.25) is 9.59 Å². The van der Waals surface area contributed by atoms with Crippen molar-refractivity contribution >= 4 is 23.9 Å². The molecule has 1 fully saturated rings. The summed E-state index contributed by atoms with van der Waals surface area (Å²) in [5.74, 6) is 0.147. The zero-order chi connectivity index (χ0) is 27.1. The molecule has 0 aromatic heterocycles. The highest BCUT2D eigenvalue weighted by Gasteiger charge is 2.37. The Bertz CT molecular complexity index is 1230. The van der Waals surface area contributed by atoms with E-state index in [1.165, 1.54) is 7.11 Å². The molecule has 1 saturated heterocycles. The number of ether oxygens (including phenoxy) is 4. The molecule has 200 valence electrons. The summed E-state index contributed by atoms with van der Waals surface area (Å²) in [5, 5.41) is 2.82. The fourth-order valence-electron chi connectivity index (χ4n) is 4.39. The average molecular weight is 521 g/mol. The molecule has 38 heavy (non-hydrogen) atoms. The number of allylic oxidation sites excluding steroid dienone is 1. The number of carbonyl (C=O) groups excluding carboxylic acids is 3. The van der Waals surface area contributed by atoms with Crippen molar-refractivity contribution < 1.29 is 33.3 Å². The topological polar surface area (TPSA) is 103 Å². The van der Waals surface area contributed by atoms with Crippen molar-refractivity contribution in [3.63, 3.8) is 0 Å². The molecule has 1 atom stereocenters. The van der Waals surface area contributed by atoms with Gasteiger partial charge in [0.15, 0.2) is 6.61 Å². The Labute approximate surface area is 222 Å². The van der Waals surface area contributed by atoms with Crippen molar-refractivity contribution in [1.82, 2.24) is 10.2 Å². The van der Waals surface area contributed by atoms with Crippen molar-refractivity contribution in [3.05, 3.63) is 76.5 Å². The second-order valence-corrected chi connectivity index (χ2v) is 9.05. The van der Waals surface area contributed by atoms with E-state index in [1.807, 2.05) is 24.3 Å². The van der Waals surface area contributed by atoms with Crippen LogP contribution in [-0.4, -0.2) is 62.8 Å². The van der Waals surface area contributed by atoms with Gasteiger partial charge in [0, 0.05) is 18.8 Å². The Morgan fingerprint density at radius 1 is 1.08 bits per heavy atom. The van der Waals surface area contributed by atoms with Crippen LogP contribution in [0.25, 0.3) is 6.08 Å². The molecule has 4 rings (SSSR count). The third-order valence-electron chi connectivity index (χ3n) is 6.51. The van der Waals surface area contributed by atoms with Gasteiger partial charge in [0.2, 0.25) is 0 Å². The minimum atomic E-state index is -0.576. The quantitative estimate of drug-likeness (QED) is 0.379. The van der Waals surface area contributed by atoms with Gasteiger partial charge < -0.3 is 29.2 Å². The summed E-state index contributed by atoms with van der Waals surface area (Å²) in [6.45, 7) is 3.14. The van der Waals surface area contributed by atoms with Crippen molar-refractivity contribution in [2.24, 2.45) is 0 Å². The van der Waals surface area contributed by atoms with Crippen LogP contribution in [0.5, 0.6) is 11.5 Å². The smallest absolute Gasteiger partial charge is 0.340 e. The number of methoxy groups -OCH3 is 2. The first-order valence-corrected chi connectivity index (χ1v) is 12.5. The Hall–Kier alpha value is -4.11. The van der Waals surface area contributed by atoms with E-state index in [-0.39, 0.29) is 35.7 Å². The fraction of sp³-hybridized carbons (Fsp3) is 0.345. The summed E-state index contributed by atoms with van der Waals surface area (Å²) < 4.78 is 21.3. The number of hydrogen-bond donors (Lipinski definition) is 1. The van der Waals surface area contributed by atoms with Gasteiger partial charge in [-0.2, -0.15) is 0 Å². The number of nitrogens with one attached hydrogen (secondary N) is 1. The monoisotopic (exact) mass is 520 g/mol. The maximum absolute atomic E-state index is 13.4. The Kier molecular flexibility index (Phi) is 8.81. The highest BCUT2D eigenvalue weighted by molar-refractivity contribution is 6.16. The normalized spacial score (nSPS) is 18.2. The first kappa shape index (κ1) is 26.9. The number of esters is 1. The van der Waals surface area contributed by atoms with Crippen LogP contribution in [0.15, 0.2) is 65.4 Å². The molecule has 0 spiro atoms. The average Bonchev–Trinajstić information content (AvgIpc) is 3.54. The summed E-state index contributed by atoms with van der Waals surface area (Å²) in [4.78, 5) is 39.6. The van der Waals surface area contributed by atoms with E-state index in [2.05, 4.69) is 5.32 Å². The molecule has 1 N–H and O–H groups in total. The van der Waals surface area contributed by atoms with Crippen molar-refractivity contribution in [3.8, 4) is 11.5 Å². The van der Waals surface area contributed by atoms with E-state index >= 15 is 0 Å². The molecule has 9 nitrogen and oxygen atoms in total. The number of benzene rings is 2. The lowest BCUT2D eigenvalue weighted by Crippen LogP contribution is -2.35. The number of amides is 2. The van der Waals surface area contributed by atoms with E-state index in [1.54, 1.807) is 49.3 Å². The van der Waals surface area contributed by atoms with Crippen molar-refractivity contribution in [2.45, 2.75) is 32.4 Å². The molecule has 2 heterocycles. The first-order chi connectivity index (χ1) is 18.4. The van der Waals surface area contributed by atoms with Gasteiger partial charge in [-0.1, -0.05) is 24.3 Å². The van der Waals surface area contributed by atoms with Gasteiger partial charge in [0.25, 0.3) is 11.8 Å². The molecule has 0 aliphatic carbocycles. The Balaban J connectivity index is 1.43. The van der Waals surface area contributed by atoms with Gasteiger partial charge in [-0.15, -0.1) is 0 Å². The van der Waals surface area contributed by atoms with E-state index < -0.39 is 5.97 Å². The van der Waals surface area contributed by atoms with E-state index in [0.717, 1.165) is 30.8 Å². The first-order valence-electron chi connectivity index (χ1n) is 12.5. The van der Waals surface area contributed by atoms with Gasteiger partial charge in [-0.25, -0.2) is 4.79 Å². The highest BCUT2D eigenvalue weighted by Crippen LogP contribution is 2.33. The number of nitrogens with zero attached hydrogens (tertiary/aromatic N) is 1. The van der Waals surface area contributed by atoms with Gasteiger partial charge in [0.1, 0.15) is 11.5 Å². The molecule has 9 heteroatoms. The molecular weight excluding hydrogens is 488 g/mol. The van der Waals surface area contributed by atoms with E-state index in [4.69, 9.17) is 18.9 Å². The minimum Gasteiger partial charge on any atom is -0.497 e. The second kappa shape index (κ2) is 12.4. The van der Waals surface area contributed by atoms with E-state index in [9.17, 15) is 14.4 Å². The highest BCUT2D eigenvalue weighted by atomic mass is 16.5. The molecule has 2 aromatic carbocycles. The van der Waals surface area contributed by atoms with Crippen LogP contribution in [0.3, 0.4) is 0 Å².